The van der Waals surface area contributed by atoms with Crippen molar-refractivity contribution in [2.75, 3.05) is 53.2 Å². The van der Waals surface area contributed by atoms with Gasteiger partial charge in [-0.25, -0.2) is 4.68 Å². The van der Waals surface area contributed by atoms with E-state index in [0.29, 0.717) is 41.6 Å². The maximum absolute atomic E-state index is 13.3. The van der Waals surface area contributed by atoms with Gasteiger partial charge < -0.3 is 24.1 Å². The summed E-state index contributed by atoms with van der Waals surface area (Å²) in [6.07, 6.45) is 1.12. The number of hydrogen-bond acceptors (Lipinski definition) is 9. The largest absolute Gasteiger partial charge is 0.454 e. The Morgan fingerprint density at radius 1 is 1.12 bits per heavy atom. The van der Waals surface area contributed by atoms with Crippen molar-refractivity contribution >= 4 is 10.9 Å². The maximum atomic E-state index is 13.3. The second-order valence-electron chi connectivity index (χ2n) is 8.38. The first kappa shape index (κ1) is 21.8. The van der Waals surface area contributed by atoms with Gasteiger partial charge in [0, 0.05) is 50.3 Å². The SMILES string of the molecule is CCCN1CCN(C(c2cc3cc4c(cc3[nH]c2=O)OCO4)c2nnnn2CCOC)CC1. The average molecular weight is 456 g/mol. The van der Waals surface area contributed by atoms with E-state index in [1.807, 2.05) is 18.2 Å². The zero-order valence-corrected chi connectivity index (χ0v) is 19.0. The van der Waals surface area contributed by atoms with Crippen LogP contribution in [0, 0.1) is 0 Å². The molecule has 0 saturated carbocycles. The number of ether oxygens (including phenoxy) is 3. The smallest absolute Gasteiger partial charge is 0.253 e. The third kappa shape index (κ3) is 4.31. The van der Waals surface area contributed by atoms with Gasteiger partial charge in [0.25, 0.3) is 5.56 Å². The molecule has 0 radical (unpaired) electrons. The molecule has 0 aliphatic carbocycles. The number of rotatable bonds is 8. The molecule has 0 spiro atoms. The highest BCUT2D eigenvalue weighted by Gasteiger charge is 2.32. The van der Waals surface area contributed by atoms with Gasteiger partial charge in [-0.2, -0.15) is 0 Å². The molecule has 1 aromatic carbocycles. The van der Waals surface area contributed by atoms with E-state index in [2.05, 4.69) is 37.2 Å². The van der Waals surface area contributed by atoms with Crippen LogP contribution >= 0.6 is 0 Å². The molecule has 3 aromatic rings. The van der Waals surface area contributed by atoms with Crippen molar-refractivity contribution in [2.45, 2.75) is 25.9 Å². The van der Waals surface area contributed by atoms with Crippen molar-refractivity contribution < 1.29 is 14.2 Å². The van der Waals surface area contributed by atoms with Gasteiger partial charge in [0.2, 0.25) is 6.79 Å². The molecule has 0 amide bonds. The van der Waals surface area contributed by atoms with Crippen LogP contribution in [0.2, 0.25) is 0 Å². The minimum Gasteiger partial charge on any atom is -0.454 e. The molecular weight excluding hydrogens is 426 g/mol. The number of piperazine rings is 1. The van der Waals surface area contributed by atoms with Gasteiger partial charge in [-0.3, -0.25) is 9.69 Å². The lowest BCUT2D eigenvalue weighted by molar-refractivity contribution is 0.103. The molecule has 33 heavy (non-hydrogen) atoms. The predicted molar refractivity (Wildman–Crippen MR) is 121 cm³/mol. The summed E-state index contributed by atoms with van der Waals surface area (Å²) in [6, 6.07) is 5.26. The third-order valence-electron chi connectivity index (χ3n) is 6.28. The Balaban J connectivity index is 1.56. The van der Waals surface area contributed by atoms with Crippen molar-refractivity contribution in [1.82, 2.24) is 35.0 Å². The second-order valence-corrected chi connectivity index (χ2v) is 8.38. The van der Waals surface area contributed by atoms with Crippen molar-refractivity contribution in [2.24, 2.45) is 0 Å². The highest BCUT2D eigenvalue weighted by molar-refractivity contribution is 5.83. The Kier molecular flexibility index (Phi) is 6.25. The maximum Gasteiger partial charge on any atom is 0.253 e. The number of aromatic nitrogens is 5. The van der Waals surface area contributed by atoms with Gasteiger partial charge in [0.05, 0.1) is 18.7 Å². The fourth-order valence-electron chi connectivity index (χ4n) is 4.62. The predicted octanol–water partition coefficient (Wildman–Crippen LogP) is 1.01. The lowest BCUT2D eigenvalue weighted by Gasteiger charge is -2.38. The number of tetrazole rings is 1. The minimum atomic E-state index is -0.376. The van der Waals surface area contributed by atoms with Crippen LogP contribution in [-0.2, 0) is 11.3 Å². The van der Waals surface area contributed by atoms with Crippen LogP contribution in [0.3, 0.4) is 0 Å². The Morgan fingerprint density at radius 3 is 2.67 bits per heavy atom. The van der Waals surface area contributed by atoms with Crippen LogP contribution in [0.1, 0.15) is 30.8 Å². The van der Waals surface area contributed by atoms with Crippen LogP contribution in [0.15, 0.2) is 23.0 Å². The number of nitrogens with zero attached hydrogens (tertiary/aromatic N) is 6. The summed E-state index contributed by atoms with van der Waals surface area (Å²) >= 11 is 0. The first-order valence-corrected chi connectivity index (χ1v) is 11.4. The van der Waals surface area contributed by atoms with E-state index in [-0.39, 0.29) is 18.4 Å². The fourth-order valence-corrected chi connectivity index (χ4v) is 4.62. The number of pyridine rings is 1. The standard InChI is InChI=1S/C22H29N7O4/c1-3-4-27-5-7-28(8-6-27)20(21-24-25-26-29(21)9-10-31-2)16-11-15-12-18-19(33-14-32-18)13-17(15)23-22(16)30/h11-13,20H,3-10,14H2,1-2H3,(H,23,30). The Hall–Kier alpha value is -3.02. The average Bonchev–Trinajstić information content (AvgIpc) is 3.47. The molecule has 1 unspecified atom stereocenters. The third-order valence-corrected chi connectivity index (χ3v) is 6.28. The molecule has 2 aliphatic rings. The van der Waals surface area contributed by atoms with Gasteiger partial charge in [0.1, 0.15) is 6.04 Å². The number of fused-ring (bicyclic) bond motifs is 2. The topological polar surface area (TPSA) is 111 Å². The van der Waals surface area contributed by atoms with Crippen LogP contribution in [0.5, 0.6) is 11.5 Å². The molecule has 5 rings (SSSR count). The minimum absolute atomic E-state index is 0.163. The molecule has 11 nitrogen and oxygen atoms in total. The summed E-state index contributed by atoms with van der Waals surface area (Å²) in [5.74, 6) is 1.95. The molecule has 1 saturated heterocycles. The summed E-state index contributed by atoms with van der Waals surface area (Å²) in [5.41, 5.74) is 1.15. The van der Waals surface area contributed by atoms with Gasteiger partial charge >= 0.3 is 0 Å². The van der Waals surface area contributed by atoms with Crippen LogP contribution < -0.4 is 15.0 Å². The molecular formula is C22H29N7O4. The molecule has 4 heterocycles. The number of benzene rings is 1. The Morgan fingerprint density at radius 2 is 1.91 bits per heavy atom. The first-order chi connectivity index (χ1) is 16.2. The zero-order chi connectivity index (χ0) is 22.8. The molecule has 2 aliphatic heterocycles. The molecule has 1 N–H and O–H groups in total. The van der Waals surface area contributed by atoms with Crippen molar-refractivity contribution in [3.8, 4) is 11.5 Å². The number of H-pyrrole nitrogens is 1. The van der Waals surface area contributed by atoms with Crippen LogP contribution in [-0.4, -0.2) is 88.2 Å². The molecule has 1 fully saturated rings. The van der Waals surface area contributed by atoms with Gasteiger partial charge in [-0.05, 0) is 35.5 Å². The van der Waals surface area contributed by atoms with E-state index in [9.17, 15) is 4.79 Å². The molecule has 1 atom stereocenters. The monoisotopic (exact) mass is 455 g/mol. The van der Waals surface area contributed by atoms with E-state index in [4.69, 9.17) is 14.2 Å². The van der Waals surface area contributed by atoms with E-state index in [1.54, 1.807) is 11.8 Å². The van der Waals surface area contributed by atoms with E-state index in [1.165, 1.54) is 0 Å². The number of hydrogen-bond donors (Lipinski definition) is 1. The highest BCUT2D eigenvalue weighted by atomic mass is 16.7. The second kappa shape index (κ2) is 9.46. The lowest BCUT2D eigenvalue weighted by atomic mass is 10.0. The first-order valence-electron chi connectivity index (χ1n) is 11.4. The van der Waals surface area contributed by atoms with E-state index >= 15 is 0 Å². The van der Waals surface area contributed by atoms with E-state index in [0.717, 1.165) is 44.5 Å². The van der Waals surface area contributed by atoms with Gasteiger partial charge in [0.15, 0.2) is 17.3 Å². The summed E-state index contributed by atoms with van der Waals surface area (Å²) < 4.78 is 18.0. The van der Waals surface area contributed by atoms with E-state index < -0.39 is 0 Å². The van der Waals surface area contributed by atoms with Crippen LogP contribution in [0.25, 0.3) is 10.9 Å². The van der Waals surface area contributed by atoms with Crippen molar-refractivity contribution in [3.63, 3.8) is 0 Å². The Bertz CT molecular complexity index is 1170. The highest BCUT2D eigenvalue weighted by Crippen LogP contribution is 2.36. The summed E-state index contributed by atoms with van der Waals surface area (Å²) in [6.45, 7) is 7.96. The molecule has 176 valence electrons. The number of aromatic amines is 1. The summed E-state index contributed by atoms with van der Waals surface area (Å²) in [4.78, 5) is 21.1. The van der Waals surface area contributed by atoms with Gasteiger partial charge in [-0.15, -0.1) is 5.10 Å². The zero-order valence-electron chi connectivity index (χ0n) is 19.0. The van der Waals surface area contributed by atoms with Crippen molar-refractivity contribution in [3.05, 3.63) is 39.9 Å². The summed E-state index contributed by atoms with van der Waals surface area (Å²) in [5, 5.41) is 13.3. The number of methoxy groups -OCH3 is 1. The normalized spacial score (nSPS) is 17.6. The Labute approximate surface area is 191 Å². The lowest BCUT2D eigenvalue weighted by Crippen LogP contribution is -2.49. The number of nitrogens with one attached hydrogen (secondary N) is 1. The molecule has 11 heteroatoms. The van der Waals surface area contributed by atoms with Crippen LogP contribution in [0.4, 0.5) is 0 Å². The fraction of sp³-hybridized carbons (Fsp3) is 0.545. The molecule has 2 aromatic heterocycles. The quantitative estimate of drug-likeness (QED) is 0.532. The van der Waals surface area contributed by atoms with Crippen molar-refractivity contribution in [1.29, 1.82) is 0 Å². The molecule has 0 bridgehead atoms. The van der Waals surface area contributed by atoms with Gasteiger partial charge in [-0.1, -0.05) is 6.92 Å². The summed E-state index contributed by atoms with van der Waals surface area (Å²) in [7, 11) is 1.65.